The van der Waals surface area contributed by atoms with E-state index in [1.54, 1.807) is 6.07 Å². The Morgan fingerprint density at radius 3 is 2.60 bits per heavy atom. The number of rotatable bonds is 8. The first-order valence-corrected chi connectivity index (χ1v) is 14.3. The van der Waals surface area contributed by atoms with Gasteiger partial charge in [-0.2, -0.15) is 5.10 Å². The lowest BCUT2D eigenvalue weighted by atomic mass is 9.80. The van der Waals surface area contributed by atoms with Crippen molar-refractivity contribution in [2.75, 3.05) is 11.9 Å². The molecule has 0 spiro atoms. The van der Waals surface area contributed by atoms with Gasteiger partial charge in [0.05, 0.1) is 17.4 Å². The Kier molecular flexibility index (Phi) is 6.51. The molecule has 2 aromatic heterocycles. The SMILES string of the molecule is O=C1CCC(N2Cc3cc(NC[C@H]4C[C@H](n5cc(-c6ccc(F)c(C(F)F)n6)c(C6CC6)n5)C4)ccc3C2=O)C(=O)N1. The first-order chi connectivity index (χ1) is 20.2. The number of carbonyl (C=O) groups is 3. The van der Waals surface area contributed by atoms with Crippen molar-refractivity contribution in [3.63, 3.8) is 0 Å². The zero-order valence-electron chi connectivity index (χ0n) is 22.7. The quantitative estimate of drug-likeness (QED) is 0.375. The van der Waals surface area contributed by atoms with E-state index in [1.807, 2.05) is 23.0 Å². The number of imide groups is 1. The molecule has 0 bridgehead atoms. The predicted molar refractivity (Wildman–Crippen MR) is 145 cm³/mol. The number of amides is 3. The van der Waals surface area contributed by atoms with Gasteiger partial charge in [-0.1, -0.05) is 0 Å². The summed E-state index contributed by atoms with van der Waals surface area (Å²) >= 11 is 0. The van der Waals surface area contributed by atoms with Crippen LogP contribution in [-0.4, -0.2) is 50.0 Å². The summed E-state index contributed by atoms with van der Waals surface area (Å²) in [5, 5.41) is 10.6. The van der Waals surface area contributed by atoms with Crippen LogP contribution in [0.3, 0.4) is 0 Å². The number of fused-ring (bicyclic) bond motifs is 1. The number of aromatic nitrogens is 3. The van der Waals surface area contributed by atoms with E-state index in [4.69, 9.17) is 5.10 Å². The van der Waals surface area contributed by atoms with Gasteiger partial charge in [0.25, 0.3) is 12.3 Å². The summed E-state index contributed by atoms with van der Waals surface area (Å²) < 4.78 is 42.3. The highest BCUT2D eigenvalue weighted by Crippen LogP contribution is 2.46. The Labute approximate surface area is 239 Å². The van der Waals surface area contributed by atoms with Crippen molar-refractivity contribution in [3.05, 3.63) is 64.9 Å². The normalized spacial score (nSPS) is 23.7. The van der Waals surface area contributed by atoms with Crippen molar-refractivity contribution < 1.29 is 27.6 Å². The van der Waals surface area contributed by atoms with E-state index in [0.717, 1.165) is 55.2 Å². The third-order valence-electron chi connectivity index (χ3n) is 8.78. The molecule has 3 aromatic rings. The molecule has 7 rings (SSSR count). The van der Waals surface area contributed by atoms with Gasteiger partial charge in [0, 0.05) is 48.4 Å². The minimum atomic E-state index is -2.99. The highest BCUT2D eigenvalue weighted by atomic mass is 19.3. The van der Waals surface area contributed by atoms with Crippen molar-refractivity contribution in [3.8, 4) is 11.3 Å². The molecule has 9 nitrogen and oxygen atoms in total. The van der Waals surface area contributed by atoms with Crippen molar-refractivity contribution in [1.82, 2.24) is 25.0 Å². The van der Waals surface area contributed by atoms with Gasteiger partial charge in [0.1, 0.15) is 11.7 Å². The fourth-order valence-corrected chi connectivity index (χ4v) is 6.24. The number of benzene rings is 1. The topological polar surface area (TPSA) is 109 Å². The van der Waals surface area contributed by atoms with Gasteiger partial charge in [-0.3, -0.25) is 24.4 Å². The van der Waals surface area contributed by atoms with Crippen molar-refractivity contribution in [2.45, 2.75) is 69.5 Å². The largest absolute Gasteiger partial charge is 0.385 e. The Hall–Kier alpha value is -4.22. The Bertz CT molecular complexity index is 1600. The zero-order valence-corrected chi connectivity index (χ0v) is 22.7. The molecule has 12 heteroatoms. The number of piperidine rings is 1. The van der Waals surface area contributed by atoms with Crippen LogP contribution in [0.2, 0.25) is 0 Å². The summed E-state index contributed by atoms with van der Waals surface area (Å²) in [5.41, 5.74) is 3.34. The second-order valence-electron chi connectivity index (χ2n) is 11.7. The Morgan fingerprint density at radius 1 is 1.05 bits per heavy atom. The highest BCUT2D eigenvalue weighted by molar-refractivity contribution is 6.05. The summed E-state index contributed by atoms with van der Waals surface area (Å²) in [6.07, 6.45) is 3.19. The maximum absolute atomic E-state index is 13.8. The number of hydrogen-bond donors (Lipinski definition) is 2. The number of nitrogens with one attached hydrogen (secondary N) is 2. The van der Waals surface area contributed by atoms with E-state index in [1.165, 1.54) is 11.0 Å². The van der Waals surface area contributed by atoms with Crippen LogP contribution in [0.4, 0.5) is 18.9 Å². The Morgan fingerprint density at radius 2 is 1.86 bits per heavy atom. The summed E-state index contributed by atoms with van der Waals surface area (Å²) in [6.45, 7) is 1.06. The van der Waals surface area contributed by atoms with E-state index in [9.17, 15) is 27.6 Å². The molecule has 2 aliphatic carbocycles. The van der Waals surface area contributed by atoms with Gasteiger partial charge in [-0.05, 0) is 73.9 Å². The molecule has 1 atom stereocenters. The Balaban J connectivity index is 0.978. The van der Waals surface area contributed by atoms with Crippen LogP contribution in [0, 0.1) is 11.7 Å². The number of anilines is 1. The van der Waals surface area contributed by atoms with Crippen LogP contribution in [0.15, 0.2) is 36.5 Å². The monoisotopic (exact) mass is 578 g/mol. The molecule has 218 valence electrons. The highest BCUT2D eigenvalue weighted by Gasteiger charge is 2.39. The van der Waals surface area contributed by atoms with E-state index < -0.39 is 29.9 Å². The molecule has 3 fully saturated rings. The maximum Gasteiger partial charge on any atom is 0.283 e. The van der Waals surface area contributed by atoms with Crippen LogP contribution < -0.4 is 10.6 Å². The summed E-state index contributed by atoms with van der Waals surface area (Å²) in [5.74, 6) is -1.27. The lowest BCUT2D eigenvalue weighted by Crippen LogP contribution is -2.52. The predicted octanol–water partition coefficient (Wildman–Crippen LogP) is 4.72. The van der Waals surface area contributed by atoms with Gasteiger partial charge in [0.15, 0.2) is 5.82 Å². The molecule has 2 N–H and O–H groups in total. The third-order valence-corrected chi connectivity index (χ3v) is 8.78. The number of carbonyl (C=O) groups excluding carboxylic acids is 3. The standard InChI is InChI=1S/C30H29F3N6O3/c31-22-5-6-23(35-27(22)28(32)33)21-14-39(37-26(21)16-1-2-16)19-9-15(10-19)12-34-18-3-4-20-17(11-18)13-38(30(20)42)24-7-8-25(40)36-29(24)41/h3-6,11,14-16,19,24,28,34H,1-2,7-10,12-13H2,(H,36,40,41)/t15-,19-,24?. The molecular formula is C30H29F3N6O3. The van der Waals surface area contributed by atoms with E-state index in [0.29, 0.717) is 35.7 Å². The maximum atomic E-state index is 13.8. The molecule has 0 radical (unpaired) electrons. The minimum absolute atomic E-state index is 0.179. The fourth-order valence-electron chi connectivity index (χ4n) is 6.24. The molecule has 2 saturated carbocycles. The zero-order chi connectivity index (χ0) is 29.1. The van der Waals surface area contributed by atoms with Crippen LogP contribution in [0.5, 0.6) is 0 Å². The van der Waals surface area contributed by atoms with Crippen LogP contribution in [-0.2, 0) is 16.1 Å². The minimum Gasteiger partial charge on any atom is -0.385 e. The van der Waals surface area contributed by atoms with E-state index in [-0.39, 0.29) is 30.2 Å². The molecule has 1 aromatic carbocycles. The first kappa shape index (κ1) is 26.7. The lowest BCUT2D eigenvalue weighted by Gasteiger charge is -2.35. The number of pyridine rings is 1. The second-order valence-corrected chi connectivity index (χ2v) is 11.7. The molecule has 3 amide bonds. The average Bonchev–Trinajstić information content (AvgIpc) is 3.61. The van der Waals surface area contributed by atoms with Crippen LogP contribution in [0.25, 0.3) is 11.3 Å². The summed E-state index contributed by atoms with van der Waals surface area (Å²) in [6, 6.07) is 7.62. The van der Waals surface area contributed by atoms with Gasteiger partial charge >= 0.3 is 0 Å². The van der Waals surface area contributed by atoms with Crippen molar-refractivity contribution in [2.24, 2.45) is 5.92 Å². The summed E-state index contributed by atoms with van der Waals surface area (Å²) in [4.78, 5) is 42.2. The second kappa shape index (κ2) is 10.2. The van der Waals surface area contributed by atoms with Gasteiger partial charge < -0.3 is 10.2 Å². The first-order valence-electron chi connectivity index (χ1n) is 14.3. The third kappa shape index (κ3) is 4.82. The number of alkyl halides is 2. The average molecular weight is 579 g/mol. The van der Waals surface area contributed by atoms with E-state index >= 15 is 0 Å². The van der Waals surface area contributed by atoms with Crippen LogP contribution >= 0.6 is 0 Å². The van der Waals surface area contributed by atoms with Crippen molar-refractivity contribution in [1.29, 1.82) is 0 Å². The van der Waals surface area contributed by atoms with Gasteiger partial charge in [-0.25, -0.2) is 18.2 Å². The number of halogens is 3. The van der Waals surface area contributed by atoms with Gasteiger partial charge in [-0.15, -0.1) is 0 Å². The molecule has 42 heavy (non-hydrogen) atoms. The number of nitrogens with zero attached hydrogens (tertiary/aromatic N) is 4. The molecule has 4 aliphatic rings. The van der Waals surface area contributed by atoms with E-state index in [2.05, 4.69) is 15.6 Å². The smallest absolute Gasteiger partial charge is 0.283 e. The molecule has 2 aliphatic heterocycles. The molecule has 4 heterocycles. The van der Waals surface area contributed by atoms with Crippen molar-refractivity contribution >= 4 is 23.4 Å². The van der Waals surface area contributed by atoms with Gasteiger partial charge in [0.2, 0.25) is 11.8 Å². The number of hydrogen-bond acceptors (Lipinski definition) is 6. The molecule has 1 unspecified atom stereocenters. The molecule has 1 saturated heterocycles. The van der Waals surface area contributed by atoms with Crippen LogP contribution in [0.1, 0.15) is 84.2 Å². The summed E-state index contributed by atoms with van der Waals surface area (Å²) in [7, 11) is 0. The lowest BCUT2D eigenvalue weighted by molar-refractivity contribution is -0.136. The fraction of sp³-hybridized carbons (Fsp3) is 0.433. The molecular weight excluding hydrogens is 549 g/mol.